The molecule has 0 atom stereocenters. The van der Waals surface area contributed by atoms with Gasteiger partial charge in [0, 0.05) is 29.9 Å². The minimum atomic E-state index is -0.103. The minimum Gasteiger partial charge on any atom is -0.350 e. The number of nitrogens with zero attached hydrogens (tertiary/aromatic N) is 3. The quantitative estimate of drug-likeness (QED) is 0.607. The predicted molar refractivity (Wildman–Crippen MR) is 92.9 cm³/mol. The molecule has 4 aromatic rings. The Hall–Kier alpha value is -3.15. The molecule has 6 nitrogen and oxygen atoms in total. The summed E-state index contributed by atoms with van der Waals surface area (Å²) in [7, 11) is 0. The van der Waals surface area contributed by atoms with Crippen LogP contribution < -0.4 is 5.32 Å². The van der Waals surface area contributed by atoms with Crippen LogP contribution in [-0.2, 0) is 6.54 Å². The number of carbonyl (C=O) groups excluding carboxylic acids is 1. The van der Waals surface area contributed by atoms with E-state index in [0.29, 0.717) is 17.6 Å². The van der Waals surface area contributed by atoms with Gasteiger partial charge in [-0.05, 0) is 42.6 Å². The Morgan fingerprint density at radius 2 is 1.96 bits per heavy atom. The fourth-order valence-electron chi connectivity index (χ4n) is 3.01. The smallest absolute Gasteiger partial charge is 0.251 e. The molecule has 24 heavy (non-hydrogen) atoms. The van der Waals surface area contributed by atoms with Gasteiger partial charge in [-0.1, -0.05) is 18.2 Å². The summed E-state index contributed by atoms with van der Waals surface area (Å²) in [5.74, 6) is -0.103. The lowest BCUT2D eigenvalue weighted by atomic mass is 10.2. The third kappa shape index (κ3) is 2.52. The fraction of sp³-hybridized carbons (Fsp3) is 0.167. The molecule has 4 rings (SSSR count). The maximum Gasteiger partial charge on any atom is 0.251 e. The Kier molecular flexibility index (Phi) is 3.49. The van der Waals surface area contributed by atoms with Crippen molar-refractivity contribution in [1.29, 1.82) is 0 Å². The number of benzene rings is 2. The molecule has 0 spiro atoms. The van der Waals surface area contributed by atoms with Crippen LogP contribution in [0.15, 0.2) is 48.5 Å². The van der Waals surface area contributed by atoms with Crippen molar-refractivity contribution in [3.63, 3.8) is 0 Å². The van der Waals surface area contributed by atoms with Crippen molar-refractivity contribution < 1.29 is 4.79 Å². The average Bonchev–Trinajstić information content (AvgIpc) is 3.18. The fourth-order valence-corrected chi connectivity index (χ4v) is 3.01. The Labute approximate surface area is 138 Å². The molecule has 0 aliphatic rings. The summed E-state index contributed by atoms with van der Waals surface area (Å²) in [6, 6.07) is 15.7. The van der Waals surface area contributed by atoms with Gasteiger partial charge in [-0.2, -0.15) is 15.4 Å². The first-order valence-electron chi connectivity index (χ1n) is 7.86. The highest BCUT2D eigenvalue weighted by atomic mass is 16.1. The van der Waals surface area contributed by atoms with Gasteiger partial charge in [-0.25, -0.2) is 0 Å². The van der Waals surface area contributed by atoms with Crippen LogP contribution in [-0.4, -0.2) is 32.4 Å². The van der Waals surface area contributed by atoms with Crippen LogP contribution in [0.5, 0.6) is 0 Å². The lowest BCUT2D eigenvalue weighted by molar-refractivity contribution is 0.0952. The lowest BCUT2D eigenvalue weighted by Crippen LogP contribution is -2.27. The molecule has 0 saturated heterocycles. The first kappa shape index (κ1) is 14.4. The standard InChI is InChI=1S/C18H17N5O/c1-12-10-13-4-2-3-5-17(13)23(12)9-8-19-18(24)14-6-7-15-16(11-14)21-22-20-15/h2-7,10-11H,8-9H2,1H3,(H,19,24)(H,20,21,22). The molecule has 0 unspecified atom stereocenters. The van der Waals surface area contributed by atoms with Crippen LogP contribution in [0, 0.1) is 6.92 Å². The molecule has 0 radical (unpaired) electrons. The SMILES string of the molecule is Cc1cc2ccccc2n1CCNC(=O)c1ccc2n[nH]nc2c1. The highest BCUT2D eigenvalue weighted by molar-refractivity contribution is 5.97. The van der Waals surface area contributed by atoms with E-state index in [4.69, 9.17) is 0 Å². The van der Waals surface area contributed by atoms with E-state index in [1.807, 2.05) is 12.1 Å². The molecule has 2 aromatic heterocycles. The number of para-hydroxylation sites is 1. The number of fused-ring (bicyclic) bond motifs is 2. The normalized spacial score (nSPS) is 11.2. The van der Waals surface area contributed by atoms with E-state index in [1.165, 1.54) is 16.6 Å². The number of hydrogen-bond donors (Lipinski definition) is 2. The summed E-state index contributed by atoms with van der Waals surface area (Å²) >= 11 is 0. The molecule has 2 aromatic carbocycles. The Balaban J connectivity index is 1.46. The number of aryl methyl sites for hydroxylation is 1. The van der Waals surface area contributed by atoms with Crippen LogP contribution >= 0.6 is 0 Å². The van der Waals surface area contributed by atoms with E-state index >= 15 is 0 Å². The van der Waals surface area contributed by atoms with Gasteiger partial charge in [0.05, 0.1) is 0 Å². The molecule has 0 bridgehead atoms. The van der Waals surface area contributed by atoms with Crippen molar-refractivity contribution in [2.24, 2.45) is 0 Å². The van der Waals surface area contributed by atoms with Gasteiger partial charge < -0.3 is 9.88 Å². The number of rotatable bonds is 4. The zero-order valence-electron chi connectivity index (χ0n) is 13.3. The van der Waals surface area contributed by atoms with Crippen molar-refractivity contribution >= 4 is 27.8 Å². The number of amides is 1. The molecule has 0 aliphatic carbocycles. The van der Waals surface area contributed by atoms with Crippen LogP contribution in [0.1, 0.15) is 16.1 Å². The van der Waals surface area contributed by atoms with Gasteiger partial charge in [0.25, 0.3) is 5.91 Å². The lowest BCUT2D eigenvalue weighted by Gasteiger charge is -2.10. The summed E-state index contributed by atoms with van der Waals surface area (Å²) in [6.07, 6.45) is 0. The van der Waals surface area contributed by atoms with Gasteiger partial charge in [0.15, 0.2) is 0 Å². The maximum atomic E-state index is 12.3. The summed E-state index contributed by atoms with van der Waals surface area (Å²) < 4.78 is 2.22. The van der Waals surface area contributed by atoms with Crippen molar-refractivity contribution in [2.45, 2.75) is 13.5 Å². The summed E-state index contributed by atoms with van der Waals surface area (Å²) in [5.41, 5.74) is 4.41. The minimum absolute atomic E-state index is 0.103. The summed E-state index contributed by atoms with van der Waals surface area (Å²) in [6.45, 7) is 3.38. The van der Waals surface area contributed by atoms with E-state index in [2.05, 4.69) is 50.4 Å². The average molecular weight is 319 g/mol. The Morgan fingerprint density at radius 3 is 2.88 bits per heavy atom. The molecule has 2 N–H and O–H groups in total. The second kappa shape index (κ2) is 5.81. The van der Waals surface area contributed by atoms with Crippen LogP contribution in [0.2, 0.25) is 0 Å². The topological polar surface area (TPSA) is 75.6 Å². The van der Waals surface area contributed by atoms with Crippen LogP contribution in [0.4, 0.5) is 0 Å². The summed E-state index contributed by atoms with van der Waals surface area (Å²) in [4.78, 5) is 12.3. The predicted octanol–water partition coefficient (Wildman–Crippen LogP) is 2.65. The molecular weight excluding hydrogens is 302 g/mol. The number of H-pyrrole nitrogens is 1. The van der Waals surface area contributed by atoms with Crippen LogP contribution in [0.25, 0.3) is 21.9 Å². The molecule has 0 aliphatic heterocycles. The molecule has 1 amide bonds. The third-order valence-electron chi connectivity index (χ3n) is 4.22. The number of nitrogens with one attached hydrogen (secondary N) is 2. The van der Waals surface area contributed by atoms with E-state index in [0.717, 1.165) is 12.1 Å². The molecular formula is C18H17N5O. The highest BCUT2D eigenvalue weighted by Gasteiger charge is 2.09. The number of hydrogen-bond acceptors (Lipinski definition) is 3. The zero-order valence-corrected chi connectivity index (χ0v) is 13.3. The second-order valence-corrected chi connectivity index (χ2v) is 5.78. The van der Waals surface area contributed by atoms with Crippen molar-refractivity contribution in [3.05, 3.63) is 59.8 Å². The molecule has 0 saturated carbocycles. The van der Waals surface area contributed by atoms with Gasteiger partial charge in [0.2, 0.25) is 0 Å². The van der Waals surface area contributed by atoms with E-state index in [1.54, 1.807) is 18.2 Å². The van der Waals surface area contributed by atoms with Crippen molar-refractivity contribution in [1.82, 2.24) is 25.3 Å². The van der Waals surface area contributed by atoms with Gasteiger partial charge >= 0.3 is 0 Å². The monoisotopic (exact) mass is 319 g/mol. The summed E-state index contributed by atoms with van der Waals surface area (Å²) in [5, 5.41) is 14.7. The Bertz CT molecular complexity index is 1030. The first-order valence-corrected chi connectivity index (χ1v) is 7.86. The van der Waals surface area contributed by atoms with Crippen LogP contribution in [0.3, 0.4) is 0 Å². The molecule has 0 fully saturated rings. The van der Waals surface area contributed by atoms with Gasteiger partial charge in [-0.3, -0.25) is 4.79 Å². The molecule has 120 valence electrons. The largest absolute Gasteiger partial charge is 0.350 e. The van der Waals surface area contributed by atoms with E-state index in [9.17, 15) is 4.79 Å². The van der Waals surface area contributed by atoms with Gasteiger partial charge in [-0.15, -0.1) is 0 Å². The Morgan fingerprint density at radius 1 is 1.12 bits per heavy atom. The first-order chi connectivity index (χ1) is 11.7. The van der Waals surface area contributed by atoms with Crippen molar-refractivity contribution in [2.75, 3.05) is 6.54 Å². The maximum absolute atomic E-state index is 12.3. The number of aromatic amines is 1. The zero-order chi connectivity index (χ0) is 16.5. The second-order valence-electron chi connectivity index (χ2n) is 5.78. The molecule has 2 heterocycles. The van der Waals surface area contributed by atoms with E-state index < -0.39 is 0 Å². The van der Waals surface area contributed by atoms with Crippen molar-refractivity contribution in [3.8, 4) is 0 Å². The highest BCUT2D eigenvalue weighted by Crippen LogP contribution is 2.18. The number of carbonyl (C=O) groups is 1. The van der Waals surface area contributed by atoms with Gasteiger partial charge in [0.1, 0.15) is 11.0 Å². The molecule has 6 heteroatoms. The van der Waals surface area contributed by atoms with E-state index in [-0.39, 0.29) is 5.91 Å². The number of aromatic nitrogens is 4. The third-order valence-corrected chi connectivity index (χ3v) is 4.22.